The number of hydrogen-bond donors (Lipinski definition) is 0. The monoisotopic (exact) mass is 258 g/mol. The summed E-state index contributed by atoms with van der Waals surface area (Å²) < 4.78 is 6.46. The summed E-state index contributed by atoms with van der Waals surface area (Å²) in [5, 5.41) is 0. The maximum atomic E-state index is 6.46. The van der Waals surface area contributed by atoms with E-state index in [1.54, 1.807) is 0 Å². The molecule has 104 valence electrons. The van der Waals surface area contributed by atoms with Crippen LogP contribution in [0.1, 0.15) is 51.2 Å². The lowest BCUT2D eigenvalue weighted by Crippen LogP contribution is -2.39. The zero-order valence-corrected chi connectivity index (χ0v) is 12.9. The van der Waals surface area contributed by atoms with Crippen molar-refractivity contribution in [3.8, 4) is 5.75 Å². The zero-order valence-electron chi connectivity index (χ0n) is 12.9. The van der Waals surface area contributed by atoms with Gasteiger partial charge >= 0.3 is 0 Å². The van der Waals surface area contributed by atoms with Gasteiger partial charge in [-0.3, -0.25) is 0 Å². The molecule has 0 N–H and O–H groups in total. The van der Waals surface area contributed by atoms with Gasteiger partial charge in [0.1, 0.15) is 11.9 Å². The second kappa shape index (κ2) is 4.01. The summed E-state index contributed by atoms with van der Waals surface area (Å²) in [5.41, 5.74) is 3.39. The van der Waals surface area contributed by atoms with Crippen molar-refractivity contribution in [2.75, 3.05) is 0 Å². The highest BCUT2D eigenvalue weighted by Gasteiger charge is 2.62. The van der Waals surface area contributed by atoms with Gasteiger partial charge in [0.25, 0.3) is 0 Å². The Balaban J connectivity index is 1.88. The van der Waals surface area contributed by atoms with E-state index in [4.69, 9.17) is 4.74 Å². The molecule has 0 spiro atoms. The van der Waals surface area contributed by atoms with E-state index >= 15 is 0 Å². The lowest BCUT2D eigenvalue weighted by Gasteiger charge is -2.39. The summed E-state index contributed by atoms with van der Waals surface area (Å²) in [6, 6.07) is 6.40. The Morgan fingerprint density at radius 2 is 1.89 bits per heavy atom. The lowest BCUT2D eigenvalue weighted by atomic mass is 9.70. The van der Waals surface area contributed by atoms with E-state index in [0.29, 0.717) is 16.9 Å². The van der Waals surface area contributed by atoms with Crippen LogP contribution < -0.4 is 4.74 Å². The molecule has 0 unspecified atom stereocenters. The maximum Gasteiger partial charge on any atom is 0.122 e. The number of hydrogen-bond acceptors (Lipinski definition) is 1. The summed E-state index contributed by atoms with van der Waals surface area (Å²) in [6.07, 6.45) is 4.33. The fraction of sp³-hybridized carbons (Fsp3) is 0.667. The van der Waals surface area contributed by atoms with Crippen LogP contribution in [0.15, 0.2) is 18.2 Å². The molecular formula is C18H26O. The average Bonchev–Trinajstić information content (AvgIpc) is 2.68. The highest BCUT2D eigenvalue weighted by atomic mass is 16.5. The molecule has 0 heterocycles. The minimum Gasteiger partial charge on any atom is -0.490 e. The fourth-order valence-electron chi connectivity index (χ4n) is 4.31. The molecule has 3 rings (SSSR count). The third-order valence-electron chi connectivity index (χ3n) is 6.54. The topological polar surface area (TPSA) is 9.23 Å². The Bertz CT molecular complexity index is 502. The molecule has 19 heavy (non-hydrogen) atoms. The Kier molecular flexibility index (Phi) is 2.75. The largest absolute Gasteiger partial charge is 0.490 e. The van der Waals surface area contributed by atoms with Crippen LogP contribution in [-0.2, 0) is 0 Å². The normalized spacial score (nSPS) is 35.6. The van der Waals surface area contributed by atoms with Crippen LogP contribution in [0, 0.1) is 30.6 Å². The first-order valence-electron chi connectivity index (χ1n) is 7.59. The number of ether oxygens (including phenoxy) is 1. The standard InChI is InChI=1S/C18H26O/c1-12-7-6-8-15(13(12)2)19-16-11-14-9-10-18(16,5)17(14,3)4/h6-8,14,16H,9-11H2,1-5H3/t14-,16-,18+/m1/s1. The van der Waals surface area contributed by atoms with E-state index in [-0.39, 0.29) is 0 Å². The summed E-state index contributed by atoms with van der Waals surface area (Å²) in [6.45, 7) is 11.7. The predicted molar refractivity (Wildman–Crippen MR) is 79.6 cm³/mol. The SMILES string of the molecule is Cc1cccc(O[C@@H]2C[C@H]3CC[C@]2(C)C3(C)C)c1C. The van der Waals surface area contributed by atoms with E-state index < -0.39 is 0 Å². The van der Waals surface area contributed by atoms with Gasteiger partial charge in [-0.1, -0.05) is 32.9 Å². The lowest BCUT2D eigenvalue weighted by molar-refractivity contribution is 0.0297. The van der Waals surface area contributed by atoms with Gasteiger partial charge in [-0.25, -0.2) is 0 Å². The molecule has 1 heteroatoms. The van der Waals surface area contributed by atoms with Crippen molar-refractivity contribution < 1.29 is 4.74 Å². The molecule has 1 aromatic carbocycles. The van der Waals surface area contributed by atoms with Gasteiger partial charge in [0.15, 0.2) is 0 Å². The summed E-state index contributed by atoms with van der Waals surface area (Å²) in [5.74, 6) is 1.93. The Labute approximate surface area is 117 Å². The highest BCUT2D eigenvalue weighted by Crippen LogP contribution is 2.66. The van der Waals surface area contributed by atoms with Crippen molar-refractivity contribution in [2.24, 2.45) is 16.7 Å². The van der Waals surface area contributed by atoms with Crippen molar-refractivity contribution in [1.82, 2.24) is 0 Å². The molecule has 2 fully saturated rings. The van der Waals surface area contributed by atoms with Crippen LogP contribution >= 0.6 is 0 Å². The molecule has 1 aromatic rings. The second-order valence-electron chi connectivity index (χ2n) is 7.41. The maximum absolute atomic E-state index is 6.46. The number of aryl methyl sites for hydroxylation is 1. The van der Waals surface area contributed by atoms with Gasteiger partial charge in [-0.15, -0.1) is 0 Å². The molecule has 3 atom stereocenters. The number of rotatable bonds is 2. The third kappa shape index (κ3) is 1.67. The average molecular weight is 258 g/mol. The van der Waals surface area contributed by atoms with Crippen molar-refractivity contribution in [3.05, 3.63) is 29.3 Å². The van der Waals surface area contributed by atoms with Gasteiger partial charge in [-0.2, -0.15) is 0 Å². The Morgan fingerprint density at radius 1 is 1.16 bits per heavy atom. The first-order valence-corrected chi connectivity index (χ1v) is 7.59. The molecule has 0 radical (unpaired) electrons. The van der Waals surface area contributed by atoms with Crippen molar-refractivity contribution in [3.63, 3.8) is 0 Å². The fourth-order valence-corrected chi connectivity index (χ4v) is 4.31. The summed E-state index contributed by atoms with van der Waals surface area (Å²) >= 11 is 0. The van der Waals surface area contributed by atoms with E-state index in [1.807, 2.05) is 0 Å². The van der Waals surface area contributed by atoms with E-state index in [1.165, 1.54) is 30.4 Å². The van der Waals surface area contributed by atoms with Crippen LogP contribution in [0.3, 0.4) is 0 Å². The Morgan fingerprint density at radius 3 is 2.47 bits per heavy atom. The third-order valence-corrected chi connectivity index (χ3v) is 6.54. The van der Waals surface area contributed by atoms with Gasteiger partial charge in [0, 0.05) is 5.41 Å². The van der Waals surface area contributed by atoms with Gasteiger partial charge in [0.2, 0.25) is 0 Å². The zero-order chi connectivity index (χ0) is 13.8. The molecule has 2 aliphatic rings. The minimum atomic E-state index is 0.341. The number of fused-ring (bicyclic) bond motifs is 2. The van der Waals surface area contributed by atoms with Crippen molar-refractivity contribution >= 4 is 0 Å². The first-order chi connectivity index (χ1) is 8.86. The van der Waals surface area contributed by atoms with Crippen molar-refractivity contribution in [2.45, 2.75) is 60.0 Å². The van der Waals surface area contributed by atoms with Crippen LogP contribution in [0.4, 0.5) is 0 Å². The first kappa shape index (κ1) is 13.0. The Hall–Kier alpha value is -0.980. The minimum absolute atomic E-state index is 0.341. The molecule has 0 saturated heterocycles. The molecule has 2 aliphatic carbocycles. The smallest absolute Gasteiger partial charge is 0.122 e. The quantitative estimate of drug-likeness (QED) is 0.733. The van der Waals surface area contributed by atoms with E-state index in [2.05, 4.69) is 52.8 Å². The highest BCUT2D eigenvalue weighted by molar-refractivity contribution is 5.38. The molecule has 0 amide bonds. The predicted octanol–water partition coefficient (Wildman–Crippen LogP) is 4.90. The summed E-state index contributed by atoms with van der Waals surface area (Å²) in [4.78, 5) is 0. The number of benzene rings is 1. The molecule has 2 bridgehead atoms. The molecular weight excluding hydrogens is 232 g/mol. The van der Waals surface area contributed by atoms with Crippen LogP contribution in [0.5, 0.6) is 5.75 Å². The molecule has 0 aliphatic heterocycles. The summed E-state index contributed by atoms with van der Waals surface area (Å²) in [7, 11) is 0. The molecule has 0 aromatic heterocycles. The van der Waals surface area contributed by atoms with Crippen LogP contribution in [-0.4, -0.2) is 6.10 Å². The van der Waals surface area contributed by atoms with Crippen molar-refractivity contribution in [1.29, 1.82) is 0 Å². The molecule has 1 nitrogen and oxygen atoms in total. The van der Waals surface area contributed by atoms with Gasteiger partial charge in [-0.05, 0) is 61.6 Å². The van der Waals surface area contributed by atoms with Gasteiger partial charge < -0.3 is 4.74 Å². The van der Waals surface area contributed by atoms with Crippen LogP contribution in [0.2, 0.25) is 0 Å². The van der Waals surface area contributed by atoms with Gasteiger partial charge in [0.05, 0.1) is 0 Å². The van der Waals surface area contributed by atoms with Crippen LogP contribution in [0.25, 0.3) is 0 Å². The van der Waals surface area contributed by atoms with E-state index in [9.17, 15) is 0 Å². The van der Waals surface area contributed by atoms with E-state index in [0.717, 1.165) is 11.7 Å². The molecule has 2 saturated carbocycles. The second-order valence-corrected chi connectivity index (χ2v) is 7.41.